The summed E-state index contributed by atoms with van der Waals surface area (Å²) in [4.78, 5) is 22.7. The van der Waals surface area contributed by atoms with E-state index in [9.17, 15) is 4.79 Å². The summed E-state index contributed by atoms with van der Waals surface area (Å²) < 4.78 is 0. The topological polar surface area (TPSA) is 88.0 Å². The lowest BCUT2D eigenvalue weighted by atomic mass is 10.3. The molecule has 0 unspecified atom stereocenters. The smallest absolute Gasteiger partial charge is 0.354 e. The molecular weight excluding hydrogens is 232 g/mol. The van der Waals surface area contributed by atoms with Crippen LogP contribution in [0.3, 0.4) is 0 Å². The molecule has 6 nitrogen and oxygen atoms in total. The molecule has 0 aliphatic rings. The van der Waals surface area contributed by atoms with Crippen molar-refractivity contribution in [3.05, 3.63) is 47.8 Å². The molecule has 0 radical (unpaired) electrons. The molecule has 0 fully saturated rings. The van der Waals surface area contributed by atoms with E-state index in [4.69, 9.17) is 5.11 Å². The zero-order chi connectivity index (χ0) is 13.0. The second-order valence-electron chi connectivity index (χ2n) is 3.69. The quantitative estimate of drug-likeness (QED) is 0.847. The van der Waals surface area contributed by atoms with Gasteiger partial charge in [-0.2, -0.15) is 0 Å². The fourth-order valence-corrected chi connectivity index (χ4v) is 1.42. The molecule has 92 valence electrons. The van der Waals surface area contributed by atoms with Crippen LogP contribution in [0.15, 0.2) is 30.6 Å². The van der Waals surface area contributed by atoms with Gasteiger partial charge in [0.05, 0.1) is 24.1 Å². The molecule has 6 heteroatoms. The molecule has 0 saturated heterocycles. The fraction of sp³-hybridized carbons (Fsp3) is 0.167. The molecule has 0 bridgehead atoms. The van der Waals surface area contributed by atoms with Gasteiger partial charge in [0.15, 0.2) is 0 Å². The number of aromatic carboxylic acids is 1. The zero-order valence-corrected chi connectivity index (χ0v) is 9.79. The van der Waals surface area contributed by atoms with Crippen LogP contribution >= 0.6 is 0 Å². The molecule has 0 atom stereocenters. The Hall–Kier alpha value is -2.50. The highest BCUT2D eigenvalue weighted by atomic mass is 16.4. The fourth-order valence-electron chi connectivity index (χ4n) is 1.42. The van der Waals surface area contributed by atoms with Crippen LogP contribution in [-0.4, -0.2) is 26.0 Å². The van der Waals surface area contributed by atoms with Crippen LogP contribution < -0.4 is 5.32 Å². The van der Waals surface area contributed by atoms with Gasteiger partial charge in [-0.15, -0.1) is 0 Å². The maximum atomic E-state index is 10.6. The summed E-state index contributed by atoms with van der Waals surface area (Å²) >= 11 is 0. The van der Waals surface area contributed by atoms with Crippen molar-refractivity contribution in [2.24, 2.45) is 0 Å². The van der Waals surface area contributed by atoms with Gasteiger partial charge in [0, 0.05) is 6.20 Å². The number of carboxylic acid groups (broad SMARTS) is 1. The van der Waals surface area contributed by atoms with E-state index >= 15 is 0 Å². The van der Waals surface area contributed by atoms with E-state index in [0.29, 0.717) is 12.4 Å². The summed E-state index contributed by atoms with van der Waals surface area (Å²) in [5.74, 6) is -0.318. The van der Waals surface area contributed by atoms with E-state index in [2.05, 4.69) is 20.3 Å². The van der Waals surface area contributed by atoms with Crippen LogP contribution in [-0.2, 0) is 6.54 Å². The maximum absolute atomic E-state index is 10.6. The number of carboxylic acids is 1. The van der Waals surface area contributed by atoms with Crippen molar-refractivity contribution in [2.75, 3.05) is 5.32 Å². The number of aryl methyl sites for hydroxylation is 1. The van der Waals surface area contributed by atoms with Gasteiger partial charge in [-0.25, -0.2) is 19.7 Å². The van der Waals surface area contributed by atoms with Crippen molar-refractivity contribution in [1.29, 1.82) is 0 Å². The SMILES string of the molecule is Cc1nccc(CNc2ccc(C(=O)O)nc2)n1. The Morgan fingerprint density at radius 3 is 2.78 bits per heavy atom. The normalized spacial score (nSPS) is 10.1. The number of nitrogens with one attached hydrogen (secondary N) is 1. The standard InChI is InChI=1S/C12H12N4O2/c1-8-13-5-4-10(16-8)7-14-9-2-3-11(12(17)18)15-6-9/h2-6,14H,7H2,1H3,(H,17,18). The average molecular weight is 244 g/mol. The number of pyridine rings is 1. The highest BCUT2D eigenvalue weighted by Gasteiger charge is 2.03. The minimum absolute atomic E-state index is 0.0263. The van der Waals surface area contributed by atoms with E-state index in [-0.39, 0.29) is 5.69 Å². The van der Waals surface area contributed by atoms with Crippen LogP contribution in [0, 0.1) is 6.92 Å². The van der Waals surface area contributed by atoms with Gasteiger partial charge < -0.3 is 10.4 Å². The molecule has 2 heterocycles. The second kappa shape index (κ2) is 5.22. The van der Waals surface area contributed by atoms with E-state index in [1.54, 1.807) is 12.3 Å². The summed E-state index contributed by atoms with van der Waals surface area (Å²) in [7, 11) is 0. The van der Waals surface area contributed by atoms with Crippen LogP contribution in [0.5, 0.6) is 0 Å². The minimum Gasteiger partial charge on any atom is -0.477 e. The molecule has 0 aliphatic heterocycles. The number of hydrogen-bond acceptors (Lipinski definition) is 5. The Labute approximate surface area is 104 Å². The largest absolute Gasteiger partial charge is 0.477 e. The Balaban J connectivity index is 2.00. The Morgan fingerprint density at radius 2 is 2.17 bits per heavy atom. The monoisotopic (exact) mass is 244 g/mol. The second-order valence-corrected chi connectivity index (χ2v) is 3.69. The van der Waals surface area contributed by atoms with E-state index < -0.39 is 5.97 Å². The Morgan fingerprint density at radius 1 is 1.33 bits per heavy atom. The van der Waals surface area contributed by atoms with Crippen LogP contribution in [0.2, 0.25) is 0 Å². The molecule has 0 amide bonds. The van der Waals surface area contributed by atoms with Crippen molar-refractivity contribution < 1.29 is 9.90 Å². The van der Waals surface area contributed by atoms with Crippen molar-refractivity contribution in [1.82, 2.24) is 15.0 Å². The van der Waals surface area contributed by atoms with Crippen molar-refractivity contribution in [3.63, 3.8) is 0 Å². The number of rotatable bonds is 4. The number of carbonyl (C=O) groups is 1. The molecule has 2 aromatic rings. The molecule has 2 rings (SSSR count). The highest BCUT2D eigenvalue weighted by molar-refractivity contribution is 5.85. The number of anilines is 1. The third kappa shape index (κ3) is 3.00. The number of hydrogen-bond donors (Lipinski definition) is 2. The van der Waals surface area contributed by atoms with Crippen molar-refractivity contribution in [2.45, 2.75) is 13.5 Å². The average Bonchev–Trinajstić information content (AvgIpc) is 2.37. The first-order valence-corrected chi connectivity index (χ1v) is 5.37. The molecule has 0 saturated carbocycles. The Kier molecular flexibility index (Phi) is 3.47. The Bertz CT molecular complexity index is 554. The van der Waals surface area contributed by atoms with Crippen molar-refractivity contribution in [3.8, 4) is 0 Å². The van der Waals surface area contributed by atoms with Gasteiger partial charge in [0.2, 0.25) is 0 Å². The molecule has 2 aromatic heterocycles. The van der Waals surface area contributed by atoms with E-state index in [1.807, 2.05) is 13.0 Å². The molecule has 2 N–H and O–H groups in total. The van der Waals surface area contributed by atoms with Crippen LogP contribution in [0.4, 0.5) is 5.69 Å². The van der Waals surface area contributed by atoms with Gasteiger partial charge >= 0.3 is 5.97 Å². The maximum Gasteiger partial charge on any atom is 0.354 e. The molecule has 0 spiro atoms. The molecule has 0 aromatic carbocycles. The summed E-state index contributed by atoms with van der Waals surface area (Å²) in [5, 5.41) is 11.8. The molecule has 0 aliphatic carbocycles. The predicted molar refractivity (Wildman–Crippen MR) is 65.3 cm³/mol. The minimum atomic E-state index is -1.03. The molecular formula is C12H12N4O2. The van der Waals surface area contributed by atoms with Gasteiger partial charge in [-0.3, -0.25) is 0 Å². The first-order chi connectivity index (χ1) is 8.65. The first-order valence-electron chi connectivity index (χ1n) is 5.37. The zero-order valence-electron chi connectivity index (χ0n) is 9.79. The third-order valence-electron chi connectivity index (χ3n) is 2.29. The lowest BCUT2D eigenvalue weighted by Crippen LogP contribution is -2.05. The summed E-state index contributed by atoms with van der Waals surface area (Å²) in [6.07, 6.45) is 3.18. The van der Waals surface area contributed by atoms with Crippen LogP contribution in [0.1, 0.15) is 22.0 Å². The van der Waals surface area contributed by atoms with E-state index in [1.165, 1.54) is 12.3 Å². The first kappa shape index (κ1) is 12.0. The molecule has 18 heavy (non-hydrogen) atoms. The summed E-state index contributed by atoms with van der Waals surface area (Å²) in [5.41, 5.74) is 1.64. The summed E-state index contributed by atoms with van der Waals surface area (Å²) in [6, 6.07) is 4.94. The van der Waals surface area contributed by atoms with Gasteiger partial charge in [-0.05, 0) is 25.1 Å². The highest BCUT2D eigenvalue weighted by Crippen LogP contribution is 2.07. The predicted octanol–water partition coefficient (Wildman–Crippen LogP) is 1.49. The van der Waals surface area contributed by atoms with Crippen molar-refractivity contribution >= 4 is 11.7 Å². The number of nitrogens with zero attached hydrogens (tertiary/aromatic N) is 3. The number of aromatic nitrogens is 3. The van der Waals surface area contributed by atoms with Gasteiger partial charge in [-0.1, -0.05) is 0 Å². The van der Waals surface area contributed by atoms with Crippen LogP contribution in [0.25, 0.3) is 0 Å². The summed E-state index contributed by atoms with van der Waals surface area (Å²) in [6.45, 7) is 2.37. The lowest BCUT2D eigenvalue weighted by Gasteiger charge is -2.05. The third-order valence-corrected chi connectivity index (χ3v) is 2.29. The van der Waals surface area contributed by atoms with Gasteiger partial charge in [0.25, 0.3) is 0 Å². The lowest BCUT2D eigenvalue weighted by molar-refractivity contribution is 0.0690. The van der Waals surface area contributed by atoms with E-state index in [0.717, 1.165) is 11.4 Å². The van der Waals surface area contributed by atoms with Gasteiger partial charge in [0.1, 0.15) is 11.5 Å².